The molecule has 0 N–H and O–H groups in total. The molecule has 0 aliphatic carbocycles. The Balaban J connectivity index is 2.36. The first-order valence-electron chi connectivity index (χ1n) is 5.26. The van der Waals surface area contributed by atoms with Crippen LogP contribution in [0.5, 0.6) is 0 Å². The zero-order chi connectivity index (χ0) is 12.1. The van der Waals surface area contributed by atoms with Gasteiger partial charge >= 0.3 is 26.2 Å². The van der Waals surface area contributed by atoms with Gasteiger partial charge in [-0.05, 0) is 24.3 Å². The normalized spacial score (nSPS) is 10.2. The quantitative estimate of drug-likeness (QED) is 0.726. The van der Waals surface area contributed by atoms with E-state index in [1.54, 1.807) is 0 Å². The third-order valence-electron chi connectivity index (χ3n) is 2.05. The number of carbonyl (C=O) groups is 1. The van der Waals surface area contributed by atoms with Crippen LogP contribution in [0.2, 0.25) is 0 Å². The smallest absolute Gasteiger partial charge is 0.247 e. The largest absolute Gasteiger partial charge is 0.358 e. The molecule has 2 nitrogen and oxygen atoms in total. The van der Waals surface area contributed by atoms with E-state index in [0.29, 0.717) is 0 Å². The van der Waals surface area contributed by atoms with Crippen LogP contribution in [-0.2, 0) is 7.86 Å². The molecule has 0 unspecified atom stereocenters. The highest BCUT2D eigenvalue weighted by atomic mass is 127. The van der Waals surface area contributed by atoms with Gasteiger partial charge in [-0.2, -0.15) is 0 Å². The second-order valence-electron chi connectivity index (χ2n) is 3.41. The van der Waals surface area contributed by atoms with Gasteiger partial charge in [-0.25, -0.2) is 7.86 Å². The van der Waals surface area contributed by atoms with Crippen LogP contribution >= 0.6 is 0 Å². The van der Waals surface area contributed by atoms with Crippen LogP contribution in [0.1, 0.15) is 6.92 Å². The molecule has 0 saturated carbocycles. The first-order valence-corrected chi connectivity index (χ1v) is 8.30. The van der Waals surface area contributed by atoms with Crippen LogP contribution in [0.25, 0.3) is 0 Å². The molecule has 0 heterocycles. The fourth-order valence-corrected chi connectivity index (χ4v) is 5.37. The van der Waals surface area contributed by atoms with E-state index >= 15 is 0 Å². The van der Waals surface area contributed by atoms with Crippen molar-refractivity contribution in [3.8, 4) is 0 Å². The Kier molecular flexibility index (Phi) is 4.14. The highest BCUT2D eigenvalue weighted by Crippen LogP contribution is 1.87. The Hall–Kier alpha value is -1.36. The van der Waals surface area contributed by atoms with Gasteiger partial charge in [-0.1, -0.05) is 36.4 Å². The molecule has 3 heteroatoms. The maximum Gasteiger partial charge on any atom is 0.358 e. The lowest BCUT2D eigenvalue weighted by molar-refractivity contribution is -1.04. The van der Waals surface area contributed by atoms with E-state index in [9.17, 15) is 4.79 Å². The molecular weight excluding hydrogens is 327 g/mol. The Bertz CT molecular complexity index is 443. The number of hydrogen-bond acceptors (Lipinski definition) is 2. The van der Waals surface area contributed by atoms with Crippen molar-refractivity contribution in [3.05, 3.63) is 67.8 Å². The van der Waals surface area contributed by atoms with Gasteiger partial charge in [0.25, 0.3) is 0 Å². The molecule has 0 bridgehead atoms. The maximum absolute atomic E-state index is 11.2. The Morgan fingerprint density at radius 3 is 1.65 bits per heavy atom. The van der Waals surface area contributed by atoms with E-state index in [2.05, 4.69) is 0 Å². The van der Waals surface area contributed by atoms with Crippen molar-refractivity contribution in [3.63, 3.8) is 0 Å². The lowest BCUT2D eigenvalue weighted by atomic mass is 10.4. The van der Waals surface area contributed by atoms with Crippen LogP contribution in [0.4, 0.5) is 0 Å². The summed E-state index contributed by atoms with van der Waals surface area (Å²) in [5.41, 5.74) is 0. The molecule has 0 aliphatic heterocycles. The summed E-state index contributed by atoms with van der Waals surface area (Å²) in [5, 5.41) is 0. The van der Waals surface area contributed by atoms with E-state index in [1.165, 1.54) is 6.92 Å². The van der Waals surface area contributed by atoms with Crippen molar-refractivity contribution in [1.82, 2.24) is 0 Å². The van der Waals surface area contributed by atoms with Gasteiger partial charge in [-0.15, -0.1) is 0 Å². The summed E-state index contributed by atoms with van der Waals surface area (Å²) in [6.45, 7) is 1.47. The average molecular weight is 340 g/mol. The van der Waals surface area contributed by atoms with E-state index in [0.717, 1.165) is 7.14 Å². The molecule has 2 aromatic rings. The number of carbonyl (C=O) groups excluding carboxylic acids is 1. The van der Waals surface area contributed by atoms with Crippen LogP contribution in [-0.4, -0.2) is 5.97 Å². The van der Waals surface area contributed by atoms with Crippen molar-refractivity contribution in [1.29, 1.82) is 0 Å². The minimum Gasteiger partial charge on any atom is -0.247 e. The zero-order valence-electron chi connectivity index (χ0n) is 9.47. The van der Waals surface area contributed by atoms with Gasteiger partial charge in [0.15, 0.2) is 7.14 Å². The number of rotatable bonds is 3. The van der Waals surface area contributed by atoms with E-state index < -0.39 is 20.2 Å². The summed E-state index contributed by atoms with van der Waals surface area (Å²) in [5.74, 6) is -0.206. The van der Waals surface area contributed by atoms with E-state index in [-0.39, 0.29) is 5.97 Å². The minimum atomic E-state index is -2.05. The van der Waals surface area contributed by atoms with Crippen LogP contribution < -0.4 is 20.2 Å². The second kappa shape index (κ2) is 5.82. The molecule has 2 aromatic carbocycles. The van der Waals surface area contributed by atoms with Crippen LogP contribution in [0.3, 0.4) is 0 Å². The van der Waals surface area contributed by atoms with Gasteiger partial charge in [0.2, 0.25) is 0 Å². The first-order chi connectivity index (χ1) is 8.27. The van der Waals surface area contributed by atoms with Crippen LogP contribution in [0, 0.1) is 7.14 Å². The lowest BCUT2D eigenvalue weighted by Crippen LogP contribution is -3.85. The zero-order valence-corrected chi connectivity index (χ0v) is 11.6. The van der Waals surface area contributed by atoms with Gasteiger partial charge < -0.3 is 0 Å². The Labute approximate surface area is 109 Å². The standard InChI is InChI=1S/C14H13IO2/c1-12(16)17-15(13-8-4-2-5-9-13)14-10-6-3-7-11-14/h2-11H,1H3/q+1. The molecule has 0 saturated heterocycles. The van der Waals surface area contributed by atoms with Gasteiger partial charge in [0.1, 0.15) is 0 Å². The summed E-state index contributed by atoms with van der Waals surface area (Å²) >= 11 is -2.05. The summed E-state index contributed by atoms with van der Waals surface area (Å²) in [7, 11) is 0. The highest BCUT2D eigenvalue weighted by molar-refractivity contribution is 5.65. The molecule has 0 atom stereocenters. The van der Waals surface area contributed by atoms with Crippen molar-refractivity contribution in [2.75, 3.05) is 0 Å². The molecule has 1 radical (unpaired) electrons. The molecule has 17 heavy (non-hydrogen) atoms. The molecule has 0 amide bonds. The summed E-state index contributed by atoms with van der Waals surface area (Å²) in [6, 6.07) is 20.0. The summed E-state index contributed by atoms with van der Waals surface area (Å²) in [6.07, 6.45) is 0. The van der Waals surface area contributed by atoms with Crippen LogP contribution in [0.15, 0.2) is 60.7 Å². The predicted octanol–water partition coefficient (Wildman–Crippen LogP) is -0.171. The van der Waals surface area contributed by atoms with Crippen molar-refractivity contribution in [2.24, 2.45) is 0 Å². The summed E-state index contributed by atoms with van der Waals surface area (Å²) in [4.78, 5) is 11.2. The lowest BCUT2D eigenvalue weighted by Gasteiger charge is -2.02. The Morgan fingerprint density at radius 1 is 0.882 bits per heavy atom. The topological polar surface area (TPSA) is 26.3 Å². The third-order valence-corrected chi connectivity index (χ3v) is 6.81. The molecule has 0 aliphatic rings. The molecule has 0 spiro atoms. The van der Waals surface area contributed by atoms with Gasteiger partial charge in [-0.3, -0.25) is 0 Å². The van der Waals surface area contributed by atoms with Crippen molar-refractivity contribution >= 4 is 5.97 Å². The SMILES string of the molecule is CC(=O)O[I+](c1ccccc1)c1ccccc1. The molecule has 0 aromatic heterocycles. The van der Waals surface area contributed by atoms with Crippen molar-refractivity contribution in [2.45, 2.75) is 6.92 Å². The number of hydrogen-bond donors (Lipinski definition) is 0. The van der Waals surface area contributed by atoms with Crippen molar-refractivity contribution < 1.29 is 28.1 Å². The van der Waals surface area contributed by atoms with E-state index in [1.807, 2.05) is 60.7 Å². The minimum absolute atomic E-state index is 0.206. The van der Waals surface area contributed by atoms with E-state index in [4.69, 9.17) is 3.07 Å². The maximum atomic E-state index is 11.2. The average Bonchev–Trinajstić information content (AvgIpc) is 2.38. The second-order valence-corrected chi connectivity index (χ2v) is 7.76. The highest BCUT2D eigenvalue weighted by Gasteiger charge is 2.32. The molecular formula is C14H13IO2+. The monoisotopic (exact) mass is 340 g/mol. The predicted molar refractivity (Wildman–Crippen MR) is 62.0 cm³/mol. The third kappa shape index (κ3) is 3.30. The first kappa shape index (κ1) is 12.1. The fourth-order valence-electron chi connectivity index (χ4n) is 1.38. The number of benzene rings is 2. The van der Waals surface area contributed by atoms with Gasteiger partial charge in [0.05, 0.1) is 0 Å². The molecule has 0 fully saturated rings. The van der Waals surface area contributed by atoms with Gasteiger partial charge in [0, 0.05) is 6.92 Å². The molecule has 2 rings (SSSR count). The molecule has 87 valence electrons. The Morgan fingerprint density at radius 2 is 1.29 bits per heavy atom. The number of halogens is 1. The fraction of sp³-hybridized carbons (Fsp3) is 0.0714. The summed E-state index contributed by atoms with van der Waals surface area (Å²) < 4.78 is 7.81.